The summed E-state index contributed by atoms with van der Waals surface area (Å²) in [4.78, 5) is 18.3. The summed E-state index contributed by atoms with van der Waals surface area (Å²) in [6.07, 6.45) is 0.765. The molecule has 21 heavy (non-hydrogen) atoms. The first-order valence-corrected chi connectivity index (χ1v) is 7.85. The minimum Gasteiger partial charge on any atom is -0.444 e. The van der Waals surface area contributed by atoms with Crippen LogP contribution in [-0.4, -0.2) is 55.3 Å². The quantitative estimate of drug-likeness (QED) is 0.614. The van der Waals surface area contributed by atoms with Crippen LogP contribution in [-0.2, 0) is 4.74 Å². The van der Waals surface area contributed by atoms with Gasteiger partial charge in [0, 0.05) is 32.7 Å². The molecule has 1 heterocycles. The molecule has 1 aliphatic heterocycles. The molecule has 1 saturated heterocycles. The van der Waals surface area contributed by atoms with Crippen molar-refractivity contribution in [2.24, 2.45) is 10.9 Å². The third-order valence-electron chi connectivity index (χ3n) is 3.13. The molecule has 2 N–H and O–H groups in total. The van der Waals surface area contributed by atoms with Crippen LogP contribution >= 0.6 is 0 Å². The van der Waals surface area contributed by atoms with E-state index in [0.717, 1.165) is 45.1 Å². The van der Waals surface area contributed by atoms with Crippen LogP contribution in [0, 0.1) is 5.92 Å². The molecule has 0 unspecified atom stereocenters. The number of aliphatic imine (C=N–C) groups is 1. The predicted molar refractivity (Wildman–Crippen MR) is 85.6 cm³/mol. The molecule has 1 rings (SSSR count). The molecule has 0 bridgehead atoms. The molecule has 1 amide bonds. The summed E-state index contributed by atoms with van der Waals surface area (Å²) < 4.78 is 5.40. The minimum absolute atomic E-state index is 0.215. The Morgan fingerprint density at radius 1 is 1.29 bits per heavy atom. The van der Waals surface area contributed by atoms with E-state index in [9.17, 15) is 4.79 Å². The van der Waals surface area contributed by atoms with Gasteiger partial charge in [-0.2, -0.15) is 0 Å². The lowest BCUT2D eigenvalue weighted by Crippen LogP contribution is -2.37. The SMILES string of the molecule is CCNC(=NC[C@H]1CCN(C(=O)OC(C)(C)C)C1)NCC. The van der Waals surface area contributed by atoms with E-state index in [4.69, 9.17) is 4.74 Å². The molecule has 0 saturated carbocycles. The first kappa shape index (κ1) is 17.6. The Kier molecular flexibility index (Phi) is 6.78. The second kappa shape index (κ2) is 8.10. The largest absolute Gasteiger partial charge is 0.444 e. The summed E-state index contributed by atoms with van der Waals surface area (Å²) in [5, 5.41) is 6.41. The molecule has 6 heteroatoms. The number of amides is 1. The number of hydrogen-bond donors (Lipinski definition) is 2. The van der Waals surface area contributed by atoms with Gasteiger partial charge in [0.25, 0.3) is 0 Å². The van der Waals surface area contributed by atoms with E-state index in [1.165, 1.54) is 0 Å². The van der Waals surface area contributed by atoms with Gasteiger partial charge in [-0.25, -0.2) is 4.79 Å². The number of carbonyl (C=O) groups is 1. The van der Waals surface area contributed by atoms with Gasteiger partial charge in [0.1, 0.15) is 5.60 Å². The van der Waals surface area contributed by atoms with E-state index >= 15 is 0 Å². The fourth-order valence-corrected chi connectivity index (χ4v) is 2.20. The van der Waals surface area contributed by atoms with Gasteiger partial charge in [-0.3, -0.25) is 4.99 Å². The van der Waals surface area contributed by atoms with Crippen LogP contribution in [0.4, 0.5) is 4.79 Å². The second-order valence-corrected chi connectivity index (χ2v) is 6.33. The third-order valence-corrected chi connectivity index (χ3v) is 3.13. The molecular formula is C15H30N4O2. The zero-order valence-electron chi connectivity index (χ0n) is 14.0. The normalized spacial score (nSPS) is 18.3. The van der Waals surface area contributed by atoms with E-state index in [0.29, 0.717) is 5.92 Å². The van der Waals surface area contributed by atoms with Gasteiger partial charge in [0.05, 0.1) is 0 Å². The molecule has 0 radical (unpaired) electrons. The monoisotopic (exact) mass is 298 g/mol. The minimum atomic E-state index is -0.434. The van der Waals surface area contributed by atoms with Gasteiger partial charge in [-0.05, 0) is 47.0 Å². The molecule has 1 fully saturated rings. The Bertz CT molecular complexity index is 355. The molecule has 0 aliphatic carbocycles. The van der Waals surface area contributed by atoms with Crippen LogP contribution in [0.15, 0.2) is 4.99 Å². The molecule has 122 valence electrons. The Morgan fingerprint density at radius 2 is 1.90 bits per heavy atom. The highest BCUT2D eigenvalue weighted by Gasteiger charge is 2.29. The van der Waals surface area contributed by atoms with Gasteiger partial charge < -0.3 is 20.3 Å². The summed E-state index contributed by atoms with van der Waals surface area (Å²) in [7, 11) is 0. The molecule has 0 spiro atoms. The summed E-state index contributed by atoms with van der Waals surface area (Å²) >= 11 is 0. The number of rotatable bonds is 4. The lowest BCUT2D eigenvalue weighted by molar-refractivity contribution is 0.0289. The van der Waals surface area contributed by atoms with Crippen molar-refractivity contribution >= 4 is 12.1 Å². The van der Waals surface area contributed by atoms with Crippen LogP contribution in [0.5, 0.6) is 0 Å². The van der Waals surface area contributed by atoms with E-state index in [1.807, 2.05) is 34.6 Å². The number of hydrogen-bond acceptors (Lipinski definition) is 3. The third kappa shape index (κ3) is 6.69. The Morgan fingerprint density at radius 3 is 2.43 bits per heavy atom. The van der Waals surface area contributed by atoms with Gasteiger partial charge in [0.2, 0.25) is 0 Å². The van der Waals surface area contributed by atoms with Crippen LogP contribution < -0.4 is 10.6 Å². The van der Waals surface area contributed by atoms with Crippen molar-refractivity contribution in [3.8, 4) is 0 Å². The van der Waals surface area contributed by atoms with Gasteiger partial charge in [-0.15, -0.1) is 0 Å². The first-order valence-electron chi connectivity index (χ1n) is 7.85. The number of guanidine groups is 1. The predicted octanol–water partition coefficient (Wildman–Crippen LogP) is 1.82. The fraction of sp³-hybridized carbons (Fsp3) is 0.867. The lowest BCUT2D eigenvalue weighted by Gasteiger charge is -2.24. The molecule has 1 atom stereocenters. The maximum atomic E-state index is 12.0. The zero-order valence-corrected chi connectivity index (χ0v) is 14.0. The van der Waals surface area contributed by atoms with Crippen molar-refractivity contribution in [1.82, 2.24) is 15.5 Å². The van der Waals surface area contributed by atoms with E-state index in [2.05, 4.69) is 15.6 Å². The highest BCUT2D eigenvalue weighted by atomic mass is 16.6. The lowest BCUT2D eigenvalue weighted by atomic mass is 10.1. The maximum Gasteiger partial charge on any atom is 0.410 e. The number of nitrogens with zero attached hydrogens (tertiary/aromatic N) is 2. The van der Waals surface area contributed by atoms with Crippen LogP contribution in [0.1, 0.15) is 41.0 Å². The summed E-state index contributed by atoms with van der Waals surface area (Å²) in [6.45, 7) is 13.7. The van der Waals surface area contributed by atoms with Crippen molar-refractivity contribution in [2.75, 3.05) is 32.7 Å². The van der Waals surface area contributed by atoms with Crippen molar-refractivity contribution in [1.29, 1.82) is 0 Å². The van der Waals surface area contributed by atoms with Crippen LogP contribution in [0.25, 0.3) is 0 Å². The summed E-state index contributed by atoms with van der Waals surface area (Å²) in [6, 6.07) is 0. The number of nitrogens with one attached hydrogen (secondary N) is 2. The van der Waals surface area contributed by atoms with Crippen LogP contribution in [0.3, 0.4) is 0 Å². The smallest absolute Gasteiger partial charge is 0.410 e. The van der Waals surface area contributed by atoms with E-state index in [-0.39, 0.29) is 6.09 Å². The first-order chi connectivity index (χ1) is 9.85. The van der Waals surface area contributed by atoms with Crippen molar-refractivity contribution in [3.63, 3.8) is 0 Å². The Hall–Kier alpha value is -1.46. The van der Waals surface area contributed by atoms with Crippen molar-refractivity contribution in [3.05, 3.63) is 0 Å². The van der Waals surface area contributed by atoms with E-state index < -0.39 is 5.60 Å². The average Bonchev–Trinajstić information content (AvgIpc) is 2.83. The van der Waals surface area contributed by atoms with Gasteiger partial charge >= 0.3 is 6.09 Å². The zero-order chi connectivity index (χ0) is 15.9. The number of ether oxygens (including phenoxy) is 1. The molecule has 0 aromatic heterocycles. The Balaban J connectivity index is 2.43. The summed E-state index contributed by atoms with van der Waals surface area (Å²) in [5.74, 6) is 1.25. The Labute approximate surface area is 128 Å². The summed E-state index contributed by atoms with van der Waals surface area (Å²) in [5.41, 5.74) is -0.434. The highest BCUT2D eigenvalue weighted by molar-refractivity contribution is 5.79. The van der Waals surface area contributed by atoms with Crippen molar-refractivity contribution in [2.45, 2.75) is 46.6 Å². The highest BCUT2D eigenvalue weighted by Crippen LogP contribution is 2.19. The molecule has 1 aliphatic rings. The molecule has 6 nitrogen and oxygen atoms in total. The molecular weight excluding hydrogens is 268 g/mol. The average molecular weight is 298 g/mol. The fourth-order valence-electron chi connectivity index (χ4n) is 2.20. The molecule has 0 aromatic rings. The number of likely N-dealkylation sites (tertiary alicyclic amines) is 1. The molecule has 0 aromatic carbocycles. The van der Waals surface area contributed by atoms with Gasteiger partial charge in [0.15, 0.2) is 5.96 Å². The second-order valence-electron chi connectivity index (χ2n) is 6.33. The van der Waals surface area contributed by atoms with Crippen LogP contribution in [0.2, 0.25) is 0 Å². The standard InChI is InChI=1S/C15H30N4O2/c1-6-16-13(17-7-2)18-10-12-8-9-19(11-12)14(20)21-15(3,4)5/h12H,6-11H2,1-5H3,(H2,16,17,18)/t12-/m1/s1. The van der Waals surface area contributed by atoms with E-state index in [1.54, 1.807) is 4.90 Å². The van der Waals surface area contributed by atoms with Gasteiger partial charge in [-0.1, -0.05) is 0 Å². The topological polar surface area (TPSA) is 66.0 Å². The van der Waals surface area contributed by atoms with Crippen molar-refractivity contribution < 1.29 is 9.53 Å². The maximum absolute atomic E-state index is 12.0. The number of carbonyl (C=O) groups excluding carboxylic acids is 1.